The van der Waals surface area contributed by atoms with Crippen molar-refractivity contribution in [1.82, 2.24) is 9.97 Å². The van der Waals surface area contributed by atoms with E-state index < -0.39 is 5.82 Å². The predicted octanol–water partition coefficient (Wildman–Crippen LogP) is 2.57. The Kier molecular flexibility index (Phi) is 4.15. The molecule has 0 radical (unpaired) electrons. The number of hydrogen-bond donors (Lipinski definition) is 1. The van der Waals surface area contributed by atoms with Gasteiger partial charge in [-0.25, -0.2) is 14.4 Å². The summed E-state index contributed by atoms with van der Waals surface area (Å²) in [6, 6.07) is 8.91. The van der Waals surface area contributed by atoms with Crippen molar-refractivity contribution in [2.24, 2.45) is 0 Å². The van der Waals surface area contributed by atoms with Gasteiger partial charge in [-0.05, 0) is 31.0 Å². The summed E-state index contributed by atoms with van der Waals surface area (Å²) in [7, 11) is 0. The van der Waals surface area contributed by atoms with Gasteiger partial charge in [0.1, 0.15) is 29.6 Å². The lowest BCUT2D eigenvalue weighted by Gasteiger charge is -2.34. The number of hydrogen-bond acceptors (Lipinski definition) is 5. The van der Waals surface area contributed by atoms with Crippen LogP contribution in [0.4, 0.5) is 15.9 Å². The Labute approximate surface area is 128 Å². The average Bonchev–Trinajstić information content (AvgIpc) is 2.56. The number of aromatic nitrogens is 2. The average molecular weight is 297 g/mol. The minimum absolute atomic E-state index is 0.129. The topological polar surface area (TPSA) is 64.8 Å². The summed E-state index contributed by atoms with van der Waals surface area (Å²) in [6.07, 6.45) is 5.04. The fourth-order valence-corrected chi connectivity index (χ4v) is 2.74. The molecule has 1 saturated heterocycles. The molecule has 1 aliphatic heterocycles. The molecular weight excluding hydrogens is 281 g/mol. The highest BCUT2D eigenvalue weighted by atomic mass is 19.1. The number of halogens is 1. The molecule has 0 aliphatic carbocycles. The highest BCUT2D eigenvalue weighted by Crippen LogP contribution is 2.26. The molecule has 0 unspecified atom stereocenters. The van der Waals surface area contributed by atoms with Crippen molar-refractivity contribution in [2.45, 2.75) is 18.9 Å². The standard InChI is InChI=1S/C16H16FN5/c17-14-2-1-3-15(13(14)10-18)22-8-5-12(6-9-22)21-16-4-7-19-11-20-16/h1-4,7,11-12H,5-6,8-9H2,(H,19,20,21). The third-order valence-corrected chi connectivity index (χ3v) is 3.87. The van der Waals surface area contributed by atoms with Crippen LogP contribution >= 0.6 is 0 Å². The van der Waals surface area contributed by atoms with E-state index in [1.807, 2.05) is 12.1 Å². The van der Waals surface area contributed by atoms with Crippen molar-refractivity contribution >= 4 is 11.5 Å². The number of benzene rings is 1. The zero-order valence-electron chi connectivity index (χ0n) is 12.0. The van der Waals surface area contributed by atoms with Gasteiger partial charge in [-0.15, -0.1) is 0 Å². The van der Waals surface area contributed by atoms with Gasteiger partial charge in [-0.2, -0.15) is 5.26 Å². The maximum absolute atomic E-state index is 13.7. The maximum atomic E-state index is 13.7. The first-order chi connectivity index (χ1) is 10.8. The minimum atomic E-state index is -0.457. The third-order valence-electron chi connectivity index (χ3n) is 3.87. The molecule has 22 heavy (non-hydrogen) atoms. The van der Waals surface area contributed by atoms with E-state index in [1.165, 1.54) is 12.4 Å². The monoisotopic (exact) mass is 297 g/mol. The number of nitrogens with one attached hydrogen (secondary N) is 1. The number of anilines is 2. The van der Waals surface area contributed by atoms with E-state index in [1.54, 1.807) is 18.3 Å². The molecule has 6 heteroatoms. The van der Waals surface area contributed by atoms with Gasteiger partial charge >= 0.3 is 0 Å². The second kappa shape index (κ2) is 6.39. The molecule has 1 N–H and O–H groups in total. The number of piperidine rings is 1. The molecule has 1 fully saturated rings. The number of nitrogens with zero attached hydrogens (tertiary/aromatic N) is 4. The van der Waals surface area contributed by atoms with E-state index in [2.05, 4.69) is 20.2 Å². The third kappa shape index (κ3) is 2.98. The van der Waals surface area contributed by atoms with Crippen molar-refractivity contribution in [3.05, 3.63) is 48.2 Å². The molecule has 0 bridgehead atoms. The fraction of sp³-hybridized carbons (Fsp3) is 0.312. The Morgan fingerprint density at radius 1 is 1.27 bits per heavy atom. The predicted molar refractivity (Wildman–Crippen MR) is 82.0 cm³/mol. The summed E-state index contributed by atoms with van der Waals surface area (Å²) >= 11 is 0. The molecule has 1 aliphatic rings. The van der Waals surface area contributed by atoms with Gasteiger partial charge in [0.05, 0.1) is 5.69 Å². The Morgan fingerprint density at radius 2 is 2.09 bits per heavy atom. The van der Waals surface area contributed by atoms with E-state index in [0.717, 1.165) is 31.7 Å². The highest BCUT2D eigenvalue weighted by Gasteiger charge is 2.22. The van der Waals surface area contributed by atoms with E-state index in [4.69, 9.17) is 5.26 Å². The van der Waals surface area contributed by atoms with Gasteiger partial charge in [0.2, 0.25) is 0 Å². The summed E-state index contributed by atoms with van der Waals surface area (Å²) in [5.41, 5.74) is 0.813. The van der Waals surface area contributed by atoms with E-state index in [0.29, 0.717) is 11.7 Å². The summed E-state index contributed by atoms with van der Waals surface area (Å²) < 4.78 is 13.7. The molecule has 5 nitrogen and oxygen atoms in total. The summed E-state index contributed by atoms with van der Waals surface area (Å²) in [5.74, 6) is 0.359. The van der Waals surface area contributed by atoms with Crippen LogP contribution < -0.4 is 10.2 Å². The molecule has 1 aromatic heterocycles. The molecule has 0 amide bonds. The van der Waals surface area contributed by atoms with Crippen LogP contribution in [0.2, 0.25) is 0 Å². The molecule has 2 heterocycles. The van der Waals surface area contributed by atoms with Crippen molar-refractivity contribution in [3.63, 3.8) is 0 Å². The van der Waals surface area contributed by atoms with E-state index in [9.17, 15) is 4.39 Å². The first-order valence-electron chi connectivity index (χ1n) is 7.24. The molecule has 0 saturated carbocycles. The van der Waals surface area contributed by atoms with Crippen LogP contribution in [0, 0.1) is 17.1 Å². The van der Waals surface area contributed by atoms with Gasteiger partial charge in [-0.3, -0.25) is 0 Å². The Morgan fingerprint density at radius 3 is 2.77 bits per heavy atom. The highest BCUT2D eigenvalue weighted by molar-refractivity contribution is 5.60. The van der Waals surface area contributed by atoms with Crippen molar-refractivity contribution < 1.29 is 4.39 Å². The second-order valence-electron chi connectivity index (χ2n) is 5.25. The number of nitriles is 1. The zero-order valence-corrected chi connectivity index (χ0v) is 12.0. The molecule has 2 aromatic rings. The lowest BCUT2D eigenvalue weighted by atomic mass is 10.0. The van der Waals surface area contributed by atoms with Gasteiger partial charge in [0.15, 0.2) is 0 Å². The van der Waals surface area contributed by atoms with Crippen molar-refractivity contribution in [3.8, 4) is 6.07 Å². The molecule has 1 aromatic carbocycles. The van der Waals surface area contributed by atoms with Crippen LogP contribution in [0.25, 0.3) is 0 Å². The molecule has 0 spiro atoms. The van der Waals surface area contributed by atoms with Gasteiger partial charge < -0.3 is 10.2 Å². The number of rotatable bonds is 3. The lowest BCUT2D eigenvalue weighted by molar-refractivity contribution is 0.523. The van der Waals surface area contributed by atoms with Crippen LogP contribution in [-0.2, 0) is 0 Å². The SMILES string of the molecule is N#Cc1c(F)cccc1N1CCC(Nc2ccncn2)CC1. The first-order valence-corrected chi connectivity index (χ1v) is 7.24. The van der Waals surface area contributed by atoms with Crippen LogP contribution in [0.3, 0.4) is 0 Å². The van der Waals surface area contributed by atoms with Crippen molar-refractivity contribution in [1.29, 1.82) is 5.26 Å². The van der Waals surface area contributed by atoms with Gasteiger partial charge in [0, 0.05) is 25.3 Å². The summed E-state index contributed by atoms with van der Waals surface area (Å²) in [6.45, 7) is 1.56. The summed E-state index contributed by atoms with van der Waals surface area (Å²) in [5, 5.41) is 12.5. The lowest BCUT2D eigenvalue weighted by Crippen LogP contribution is -2.39. The van der Waals surface area contributed by atoms with Crippen LogP contribution in [0.15, 0.2) is 36.8 Å². The van der Waals surface area contributed by atoms with Gasteiger partial charge in [0.25, 0.3) is 0 Å². The molecular formula is C16H16FN5. The van der Waals surface area contributed by atoms with Crippen LogP contribution in [-0.4, -0.2) is 29.1 Å². The Bertz CT molecular complexity index is 675. The van der Waals surface area contributed by atoms with Gasteiger partial charge in [-0.1, -0.05) is 6.07 Å². The Balaban J connectivity index is 1.65. The molecule has 3 rings (SSSR count). The van der Waals surface area contributed by atoms with Crippen molar-refractivity contribution in [2.75, 3.05) is 23.3 Å². The van der Waals surface area contributed by atoms with E-state index in [-0.39, 0.29) is 5.56 Å². The quantitative estimate of drug-likeness (QED) is 0.943. The van der Waals surface area contributed by atoms with Crippen LogP contribution in [0.1, 0.15) is 18.4 Å². The second-order valence-corrected chi connectivity index (χ2v) is 5.25. The van der Waals surface area contributed by atoms with Crippen LogP contribution in [0.5, 0.6) is 0 Å². The minimum Gasteiger partial charge on any atom is -0.370 e. The molecule has 0 atom stereocenters. The zero-order chi connectivity index (χ0) is 15.4. The first kappa shape index (κ1) is 14.3. The normalized spacial score (nSPS) is 15.4. The maximum Gasteiger partial charge on any atom is 0.143 e. The Hall–Kier alpha value is -2.68. The fourth-order valence-electron chi connectivity index (χ4n) is 2.74. The molecule has 112 valence electrons. The summed E-state index contributed by atoms with van der Waals surface area (Å²) in [4.78, 5) is 10.1. The largest absolute Gasteiger partial charge is 0.370 e. The smallest absolute Gasteiger partial charge is 0.143 e. The van der Waals surface area contributed by atoms with E-state index >= 15 is 0 Å².